The van der Waals surface area contributed by atoms with E-state index in [4.69, 9.17) is 4.74 Å². The second-order valence-electron chi connectivity index (χ2n) is 4.21. The van der Waals surface area contributed by atoms with E-state index in [-0.39, 0.29) is 0 Å². The minimum atomic E-state index is 0.590. The van der Waals surface area contributed by atoms with Crippen LogP contribution in [0.25, 0.3) is 0 Å². The average molecular weight is 273 g/mol. The highest BCUT2D eigenvalue weighted by Crippen LogP contribution is 2.06. The van der Waals surface area contributed by atoms with Crippen LogP contribution in [0.15, 0.2) is 36.7 Å². The highest BCUT2D eigenvalue weighted by molar-refractivity contribution is 5.39. The molecule has 6 heteroatoms. The van der Waals surface area contributed by atoms with Crippen molar-refractivity contribution in [2.45, 2.75) is 13.0 Å². The summed E-state index contributed by atoms with van der Waals surface area (Å²) in [4.78, 5) is 12.8. The Bertz CT molecular complexity index is 506. The van der Waals surface area contributed by atoms with Crippen molar-refractivity contribution in [2.24, 2.45) is 0 Å². The molecule has 2 aromatic heterocycles. The summed E-state index contributed by atoms with van der Waals surface area (Å²) in [7, 11) is 1.70. The van der Waals surface area contributed by atoms with Crippen LogP contribution in [0.2, 0.25) is 0 Å². The van der Waals surface area contributed by atoms with Crippen LogP contribution >= 0.6 is 0 Å². The van der Waals surface area contributed by atoms with Crippen LogP contribution in [0.3, 0.4) is 0 Å². The fourth-order valence-corrected chi connectivity index (χ4v) is 1.65. The summed E-state index contributed by atoms with van der Waals surface area (Å²) in [5.74, 6) is 1.40. The summed E-state index contributed by atoms with van der Waals surface area (Å²) in [5.41, 5.74) is 0.953. The Balaban J connectivity index is 1.83. The monoisotopic (exact) mass is 273 g/mol. The Labute approximate surface area is 118 Å². The molecular formula is C14H19N5O. The summed E-state index contributed by atoms with van der Waals surface area (Å²) >= 11 is 0. The largest absolute Gasteiger partial charge is 0.385 e. The highest BCUT2D eigenvalue weighted by atomic mass is 16.5. The molecule has 2 N–H and O–H groups in total. The van der Waals surface area contributed by atoms with Crippen LogP contribution in [-0.4, -0.2) is 35.2 Å². The lowest BCUT2D eigenvalue weighted by Crippen LogP contribution is -2.09. The van der Waals surface area contributed by atoms with Crippen LogP contribution in [-0.2, 0) is 11.3 Å². The summed E-state index contributed by atoms with van der Waals surface area (Å²) in [6.07, 6.45) is 4.44. The van der Waals surface area contributed by atoms with Crippen molar-refractivity contribution in [3.8, 4) is 0 Å². The van der Waals surface area contributed by atoms with E-state index in [0.29, 0.717) is 12.5 Å². The molecule has 2 heterocycles. The summed E-state index contributed by atoms with van der Waals surface area (Å²) in [6, 6.07) is 7.65. The number of pyridine rings is 1. The van der Waals surface area contributed by atoms with Gasteiger partial charge in [-0.25, -0.2) is 4.98 Å². The lowest BCUT2D eigenvalue weighted by Gasteiger charge is -2.08. The highest BCUT2D eigenvalue weighted by Gasteiger charge is 1.99. The molecular weight excluding hydrogens is 254 g/mol. The molecule has 0 saturated heterocycles. The Morgan fingerprint density at radius 2 is 2.05 bits per heavy atom. The molecule has 0 aromatic carbocycles. The number of ether oxygens (including phenoxy) is 1. The van der Waals surface area contributed by atoms with Crippen molar-refractivity contribution in [3.05, 3.63) is 42.4 Å². The molecule has 6 nitrogen and oxygen atoms in total. The topological polar surface area (TPSA) is 72.0 Å². The number of nitrogens with zero attached hydrogens (tertiary/aromatic N) is 3. The Kier molecular flexibility index (Phi) is 5.72. The lowest BCUT2D eigenvalue weighted by atomic mass is 10.3. The van der Waals surface area contributed by atoms with Crippen molar-refractivity contribution in [1.82, 2.24) is 15.0 Å². The maximum Gasteiger partial charge on any atom is 0.224 e. The van der Waals surface area contributed by atoms with E-state index in [9.17, 15) is 0 Å². The van der Waals surface area contributed by atoms with Crippen molar-refractivity contribution >= 4 is 11.8 Å². The van der Waals surface area contributed by atoms with Gasteiger partial charge in [0.25, 0.3) is 0 Å². The molecule has 0 fully saturated rings. The number of anilines is 2. The minimum Gasteiger partial charge on any atom is -0.385 e. The van der Waals surface area contributed by atoms with Gasteiger partial charge in [-0.2, -0.15) is 4.98 Å². The zero-order chi connectivity index (χ0) is 14.0. The van der Waals surface area contributed by atoms with Gasteiger partial charge < -0.3 is 15.4 Å². The molecule has 0 saturated carbocycles. The van der Waals surface area contributed by atoms with E-state index in [2.05, 4.69) is 25.6 Å². The van der Waals surface area contributed by atoms with E-state index >= 15 is 0 Å². The second kappa shape index (κ2) is 8.06. The first-order valence-electron chi connectivity index (χ1n) is 6.58. The summed E-state index contributed by atoms with van der Waals surface area (Å²) < 4.78 is 5.00. The molecule has 0 atom stereocenters. The molecule has 0 amide bonds. The molecule has 106 valence electrons. The van der Waals surface area contributed by atoms with Gasteiger partial charge in [0, 0.05) is 32.7 Å². The van der Waals surface area contributed by atoms with Gasteiger partial charge in [-0.05, 0) is 24.6 Å². The Hall–Kier alpha value is -2.21. The lowest BCUT2D eigenvalue weighted by molar-refractivity contribution is 0.198. The molecule has 0 unspecified atom stereocenters. The third-order valence-electron chi connectivity index (χ3n) is 2.64. The molecule has 0 aliphatic rings. The first-order chi connectivity index (χ1) is 9.88. The van der Waals surface area contributed by atoms with Gasteiger partial charge in [-0.1, -0.05) is 6.07 Å². The average Bonchev–Trinajstić information content (AvgIpc) is 2.51. The van der Waals surface area contributed by atoms with Crippen molar-refractivity contribution in [2.75, 3.05) is 30.9 Å². The van der Waals surface area contributed by atoms with E-state index < -0.39 is 0 Å². The molecule has 20 heavy (non-hydrogen) atoms. The van der Waals surface area contributed by atoms with Gasteiger partial charge in [0.15, 0.2) is 0 Å². The number of methoxy groups -OCH3 is 1. The van der Waals surface area contributed by atoms with E-state index in [1.807, 2.05) is 24.3 Å². The normalized spacial score (nSPS) is 10.2. The molecule has 2 aromatic rings. The smallest absolute Gasteiger partial charge is 0.224 e. The number of hydrogen-bond donors (Lipinski definition) is 2. The van der Waals surface area contributed by atoms with Crippen LogP contribution in [0.4, 0.5) is 11.8 Å². The Morgan fingerprint density at radius 3 is 2.85 bits per heavy atom. The number of aromatic nitrogens is 3. The zero-order valence-electron chi connectivity index (χ0n) is 11.5. The molecule has 0 radical (unpaired) electrons. The van der Waals surface area contributed by atoms with Gasteiger partial charge in [-0.15, -0.1) is 0 Å². The standard InChI is InChI=1S/C14H19N5O/c1-20-10-4-8-16-13-6-9-17-14(19-13)18-11-12-5-2-3-7-15-12/h2-3,5-7,9H,4,8,10-11H2,1H3,(H2,16,17,18,19). The third-order valence-corrected chi connectivity index (χ3v) is 2.64. The number of hydrogen-bond acceptors (Lipinski definition) is 6. The SMILES string of the molecule is COCCCNc1ccnc(NCc2ccccn2)n1. The molecule has 0 aliphatic carbocycles. The quantitative estimate of drug-likeness (QED) is 0.716. The third kappa shape index (κ3) is 4.81. The van der Waals surface area contributed by atoms with Gasteiger partial charge in [0.2, 0.25) is 5.95 Å². The van der Waals surface area contributed by atoms with Crippen LogP contribution in [0.1, 0.15) is 12.1 Å². The van der Waals surface area contributed by atoms with E-state index in [1.165, 1.54) is 0 Å². The Morgan fingerprint density at radius 1 is 1.10 bits per heavy atom. The maximum atomic E-state index is 5.00. The number of nitrogens with one attached hydrogen (secondary N) is 2. The van der Waals surface area contributed by atoms with Crippen molar-refractivity contribution in [1.29, 1.82) is 0 Å². The van der Waals surface area contributed by atoms with E-state index in [1.54, 1.807) is 19.5 Å². The van der Waals surface area contributed by atoms with E-state index in [0.717, 1.165) is 31.1 Å². The molecule has 0 spiro atoms. The fourth-order valence-electron chi connectivity index (χ4n) is 1.65. The number of rotatable bonds is 8. The molecule has 2 rings (SSSR count). The summed E-state index contributed by atoms with van der Waals surface area (Å²) in [6.45, 7) is 2.17. The first-order valence-corrected chi connectivity index (χ1v) is 6.58. The van der Waals surface area contributed by atoms with Crippen LogP contribution in [0, 0.1) is 0 Å². The van der Waals surface area contributed by atoms with Gasteiger partial charge in [0.1, 0.15) is 5.82 Å². The van der Waals surface area contributed by atoms with Crippen LogP contribution in [0.5, 0.6) is 0 Å². The van der Waals surface area contributed by atoms with Gasteiger partial charge in [0.05, 0.1) is 12.2 Å². The van der Waals surface area contributed by atoms with Crippen molar-refractivity contribution in [3.63, 3.8) is 0 Å². The van der Waals surface area contributed by atoms with Crippen molar-refractivity contribution < 1.29 is 4.74 Å². The predicted octanol–water partition coefficient (Wildman–Crippen LogP) is 1.93. The first kappa shape index (κ1) is 14.2. The van der Waals surface area contributed by atoms with Crippen LogP contribution < -0.4 is 10.6 Å². The second-order valence-corrected chi connectivity index (χ2v) is 4.21. The molecule has 0 bridgehead atoms. The minimum absolute atomic E-state index is 0.590. The predicted molar refractivity (Wildman–Crippen MR) is 78.6 cm³/mol. The zero-order valence-corrected chi connectivity index (χ0v) is 11.5. The maximum absolute atomic E-state index is 5.00. The van der Waals surface area contributed by atoms with Gasteiger partial charge in [-0.3, -0.25) is 4.98 Å². The fraction of sp³-hybridized carbons (Fsp3) is 0.357. The molecule has 0 aliphatic heterocycles. The summed E-state index contributed by atoms with van der Waals surface area (Å²) in [5, 5.41) is 6.38. The van der Waals surface area contributed by atoms with Gasteiger partial charge >= 0.3 is 0 Å².